The number of aromatic nitrogens is 2. The van der Waals surface area contributed by atoms with Gasteiger partial charge in [-0.3, -0.25) is 0 Å². The number of thioether (sulfide) groups is 1. The molecule has 5 heteroatoms. The fraction of sp³-hybridized carbons (Fsp3) is 0.304. The van der Waals surface area contributed by atoms with Crippen LogP contribution in [0, 0.1) is 13.8 Å². The lowest BCUT2D eigenvalue weighted by Gasteiger charge is -2.19. The van der Waals surface area contributed by atoms with E-state index in [-0.39, 0.29) is 5.41 Å². The van der Waals surface area contributed by atoms with Gasteiger partial charge in [-0.1, -0.05) is 68.4 Å². The van der Waals surface area contributed by atoms with Crippen molar-refractivity contribution in [2.24, 2.45) is 0 Å². The summed E-state index contributed by atoms with van der Waals surface area (Å²) in [6.45, 7) is 10.5. The molecule has 3 rings (SSSR count). The Morgan fingerprint density at radius 2 is 1.64 bits per heavy atom. The van der Waals surface area contributed by atoms with Crippen LogP contribution in [0.15, 0.2) is 53.7 Å². The van der Waals surface area contributed by atoms with Crippen molar-refractivity contribution in [2.45, 2.75) is 50.9 Å². The average molecular weight is 413 g/mol. The molecule has 0 aliphatic rings. The first-order valence-corrected chi connectivity index (χ1v) is 10.6. The molecule has 0 unspecified atom stereocenters. The molecule has 0 saturated heterocycles. The second-order valence-corrected chi connectivity index (χ2v) is 9.28. The Bertz CT molecular complexity index is 962. The Morgan fingerprint density at radius 1 is 0.964 bits per heavy atom. The highest BCUT2D eigenvalue weighted by atomic mass is 35.5. The van der Waals surface area contributed by atoms with Crippen LogP contribution in [0.2, 0.25) is 5.02 Å². The number of rotatable bonds is 5. The molecule has 1 aromatic heterocycles. The Morgan fingerprint density at radius 3 is 2.29 bits per heavy atom. The maximum Gasteiger partial charge on any atom is 0.223 e. The van der Waals surface area contributed by atoms with Crippen molar-refractivity contribution in [3.05, 3.63) is 75.9 Å². The lowest BCUT2D eigenvalue weighted by atomic mass is 9.92. The summed E-state index contributed by atoms with van der Waals surface area (Å²) in [5.41, 5.74) is 4.23. The fourth-order valence-corrected chi connectivity index (χ4v) is 3.91. The first-order chi connectivity index (χ1) is 13.2. The number of ether oxygens (including phenoxy) is 1. The Balaban J connectivity index is 1.89. The molecule has 0 aliphatic heterocycles. The third-order valence-corrected chi connectivity index (χ3v) is 5.45. The maximum absolute atomic E-state index is 6.28. The highest BCUT2D eigenvalue weighted by Gasteiger charge is 2.19. The number of aryl methyl sites for hydroxylation is 2. The van der Waals surface area contributed by atoms with Gasteiger partial charge in [-0.15, -0.1) is 0 Å². The van der Waals surface area contributed by atoms with Gasteiger partial charge in [-0.05, 0) is 48.7 Å². The molecular weight excluding hydrogens is 388 g/mol. The van der Waals surface area contributed by atoms with Crippen molar-refractivity contribution in [3.63, 3.8) is 0 Å². The van der Waals surface area contributed by atoms with Crippen LogP contribution in [-0.4, -0.2) is 9.97 Å². The van der Waals surface area contributed by atoms with Crippen molar-refractivity contribution in [2.75, 3.05) is 0 Å². The largest absolute Gasteiger partial charge is 0.439 e. The van der Waals surface area contributed by atoms with Crippen LogP contribution in [0.1, 0.15) is 43.2 Å². The zero-order valence-corrected chi connectivity index (χ0v) is 18.5. The van der Waals surface area contributed by atoms with Crippen molar-refractivity contribution in [3.8, 4) is 11.6 Å². The van der Waals surface area contributed by atoms with Gasteiger partial charge in [0.25, 0.3) is 0 Å². The molecule has 0 atom stereocenters. The van der Waals surface area contributed by atoms with Gasteiger partial charge < -0.3 is 4.74 Å². The van der Waals surface area contributed by atoms with Crippen LogP contribution >= 0.6 is 23.4 Å². The van der Waals surface area contributed by atoms with E-state index in [4.69, 9.17) is 21.3 Å². The van der Waals surface area contributed by atoms with Crippen LogP contribution in [-0.2, 0) is 11.2 Å². The van der Waals surface area contributed by atoms with Crippen LogP contribution in [0.3, 0.4) is 0 Å². The highest BCUT2D eigenvalue weighted by molar-refractivity contribution is 7.98. The molecule has 0 N–H and O–H groups in total. The van der Waals surface area contributed by atoms with Gasteiger partial charge in [-0.25, -0.2) is 4.98 Å². The van der Waals surface area contributed by atoms with E-state index in [1.54, 1.807) is 11.8 Å². The van der Waals surface area contributed by atoms with E-state index in [1.165, 1.54) is 0 Å². The van der Waals surface area contributed by atoms with Gasteiger partial charge in [0.15, 0.2) is 5.16 Å². The number of nitrogens with zero attached hydrogens (tertiary/aromatic N) is 2. The van der Waals surface area contributed by atoms with E-state index < -0.39 is 0 Å². The molecule has 0 bridgehead atoms. The molecule has 3 nitrogen and oxygen atoms in total. The van der Waals surface area contributed by atoms with Gasteiger partial charge in [0, 0.05) is 22.3 Å². The molecule has 0 radical (unpaired) electrons. The minimum atomic E-state index is -0.108. The lowest BCUT2D eigenvalue weighted by molar-refractivity contribution is 0.446. The topological polar surface area (TPSA) is 35.0 Å². The summed E-state index contributed by atoms with van der Waals surface area (Å²) < 4.78 is 6.10. The second kappa shape index (κ2) is 8.54. The predicted octanol–water partition coefficient (Wildman–Crippen LogP) is 7.13. The van der Waals surface area contributed by atoms with Crippen LogP contribution in [0.4, 0.5) is 0 Å². The Kier molecular flexibility index (Phi) is 6.31. The molecular formula is C23H25ClN2OS. The second-order valence-electron chi connectivity index (χ2n) is 7.93. The summed E-state index contributed by atoms with van der Waals surface area (Å²) in [6, 6.07) is 15.9. The molecule has 0 amide bonds. The SMILES string of the molecule is Cc1cc(C)cc(Oc2cc(C(C)(C)C)nc(SCc3ccccc3Cl)n2)c1. The molecule has 0 spiro atoms. The normalized spacial score (nSPS) is 11.5. The molecule has 3 aromatic rings. The first-order valence-electron chi connectivity index (χ1n) is 9.22. The quantitative estimate of drug-likeness (QED) is 0.329. The summed E-state index contributed by atoms with van der Waals surface area (Å²) in [4.78, 5) is 9.39. The van der Waals surface area contributed by atoms with Gasteiger partial charge in [0.2, 0.25) is 5.88 Å². The molecule has 146 valence electrons. The zero-order valence-electron chi connectivity index (χ0n) is 16.9. The van der Waals surface area contributed by atoms with E-state index in [9.17, 15) is 0 Å². The third-order valence-electron chi connectivity index (χ3n) is 4.18. The van der Waals surface area contributed by atoms with E-state index in [2.05, 4.69) is 45.7 Å². The molecule has 28 heavy (non-hydrogen) atoms. The standard InChI is InChI=1S/C23H25ClN2OS/c1-15-10-16(2)12-18(11-15)27-21-13-20(23(3,4)5)25-22(26-21)28-14-17-8-6-7-9-19(17)24/h6-13H,14H2,1-5H3. The monoisotopic (exact) mass is 412 g/mol. The Labute approximate surface area is 176 Å². The Hall–Kier alpha value is -2.04. The number of halogens is 1. The molecule has 0 saturated carbocycles. The summed E-state index contributed by atoms with van der Waals surface area (Å²) in [7, 11) is 0. The number of hydrogen-bond donors (Lipinski definition) is 0. The van der Waals surface area contributed by atoms with Gasteiger partial charge in [0.05, 0.1) is 5.69 Å². The van der Waals surface area contributed by atoms with Gasteiger partial charge in [0.1, 0.15) is 5.75 Å². The maximum atomic E-state index is 6.28. The number of hydrogen-bond acceptors (Lipinski definition) is 4. The smallest absolute Gasteiger partial charge is 0.223 e. The van der Waals surface area contributed by atoms with Crippen LogP contribution in [0.25, 0.3) is 0 Å². The summed E-state index contributed by atoms with van der Waals surface area (Å²) >= 11 is 7.85. The molecule has 0 fully saturated rings. The average Bonchev–Trinajstić information content (AvgIpc) is 2.59. The van der Waals surface area contributed by atoms with Gasteiger partial charge in [-0.2, -0.15) is 4.98 Å². The molecule has 2 aromatic carbocycles. The zero-order chi connectivity index (χ0) is 20.3. The van der Waals surface area contributed by atoms with E-state index in [0.717, 1.165) is 33.2 Å². The molecule has 1 heterocycles. The van der Waals surface area contributed by atoms with Crippen molar-refractivity contribution in [1.29, 1.82) is 0 Å². The fourth-order valence-electron chi connectivity index (χ4n) is 2.78. The van der Waals surface area contributed by atoms with Crippen molar-refractivity contribution in [1.82, 2.24) is 9.97 Å². The molecule has 0 aliphatic carbocycles. The van der Waals surface area contributed by atoms with E-state index in [0.29, 0.717) is 16.8 Å². The highest BCUT2D eigenvalue weighted by Crippen LogP contribution is 2.31. The third kappa shape index (κ3) is 5.49. The number of benzene rings is 2. The summed E-state index contributed by atoms with van der Waals surface area (Å²) in [6.07, 6.45) is 0. The minimum absolute atomic E-state index is 0.108. The first kappa shape index (κ1) is 20.7. The summed E-state index contributed by atoms with van der Waals surface area (Å²) in [5, 5.41) is 1.44. The summed E-state index contributed by atoms with van der Waals surface area (Å²) in [5.74, 6) is 2.06. The van der Waals surface area contributed by atoms with Crippen molar-refractivity contribution < 1.29 is 4.74 Å². The lowest BCUT2D eigenvalue weighted by Crippen LogP contribution is -2.14. The minimum Gasteiger partial charge on any atom is -0.439 e. The van der Waals surface area contributed by atoms with Crippen LogP contribution in [0.5, 0.6) is 11.6 Å². The van der Waals surface area contributed by atoms with Gasteiger partial charge >= 0.3 is 0 Å². The predicted molar refractivity (Wildman–Crippen MR) is 118 cm³/mol. The van der Waals surface area contributed by atoms with Crippen LogP contribution < -0.4 is 4.74 Å². The van der Waals surface area contributed by atoms with Crippen molar-refractivity contribution >= 4 is 23.4 Å². The van der Waals surface area contributed by atoms with E-state index in [1.807, 2.05) is 42.5 Å². The van der Waals surface area contributed by atoms with E-state index >= 15 is 0 Å².